The molecule has 0 aliphatic carbocycles. The molecule has 0 spiro atoms. The maximum atomic E-state index is 12.6. The van der Waals surface area contributed by atoms with Gasteiger partial charge in [0.05, 0.1) is 5.60 Å². The molecule has 126 valence electrons. The van der Waals surface area contributed by atoms with Gasteiger partial charge in [-0.1, -0.05) is 0 Å². The fourth-order valence-electron chi connectivity index (χ4n) is 2.86. The van der Waals surface area contributed by atoms with E-state index in [4.69, 9.17) is 4.55 Å². The Kier molecular flexibility index (Phi) is 5.39. The first-order chi connectivity index (χ1) is 10.7. The standard InChI is InChI=1S/C17H23NO4S/c1-12-10-14(11-13(2)15(12)4-9-23(21)22)16(19)18-7-5-17(3,20)6-8-18/h4,9-11,20H,5-8H2,1-3H3,(H,21,22)/b9-4+. The van der Waals surface area contributed by atoms with Crippen LogP contribution in [-0.4, -0.2) is 43.4 Å². The monoisotopic (exact) mass is 337 g/mol. The Morgan fingerprint density at radius 2 is 1.78 bits per heavy atom. The van der Waals surface area contributed by atoms with Gasteiger partial charge in [0, 0.05) is 24.1 Å². The van der Waals surface area contributed by atoms with Gasteiger partial charge in [-0.15, -0.1) is 0 Å². The van der Waals surface area contributed by atoms with Gasteiger partial charge in [0.15, 0.2) is 11.1 Å². The first-order valence-corrected chi connectivity index (χ1v) is 8.77. The Bertz CT molecular complexity index is 634. The highest BCUT2D eigenvalue weighted by atomic mass is 32.2. The van der Waals surface area contributed by atoms with Gasteiger partial charge >= 0.3 is 0 Å². The molecule has 1 aliphatic rings. The van der Waals surface area contributed by atoms with Crippen molar-refractivity contribution in [2.24, 2.45) is 0 Å². The zero-order chi connectivity index (χ0) is 17.2. The van der Waals surface area contributed by atoms with Crippen LogP contribution in [0.4, 0.5) is 0 Å². The Morgan fingerprint density at radius 3 is 2.26 bits per heavy atom. The molecular formula is C17H23NO4S. The minimum Gasteiger partial charge on any atom is -0.390 e. The number of rotatable bonds is 3. The fourth-order valence-corrected chi connectivity index (χ4v) is 3.11. The average molecular weight is 337 g/mol. The molecule has 1 unspecified atom stereocenters. The average Bonchev–Trinajstić information content (AvgIpc) is 2.45. The number of carbonyl (C=O) groups is 1. The van der Waals surface area contributed by atoms with Crippen molar-refractivity contribution in [3.63, 3.8) is 0 Å². The van der Waals surface area contributed by atoms with Gasteiger partial charge in [0.1, 0.15) is 0 Å². The number of carbonyl (C=O) groups excluding carboxylic acids is 1. The van der Waals surface area contributed by atoms with Crippen LogP contribution >= 0.6 is 0 Å². The van der Waals surface area contributed by atoms with E-state index in [1.54, 1.807) is 17.9 Å². The number of hydrogen-bond donors (Lipinski definition) is 2. The number of amides is 1. The quantitative estimate of drug-likeness (QED) is 0.831. The van der Waals surface area contributed by atoms with E-state index in [1.165, 1.54) is 5.41 Å². The second kappa shape index (κ2) is 6.95. The third-order valence-corrected chi connectivity index (χ3v) is 4.69. The molecule has 0 radical (unpaired) electrons. The molecule has 6 heteroatoms. The van der Waals surface area contributed by atoms with Crippen LogP contribution in [0.2, 0.25) is 0 Å². The molecule has 0 saturated carbocycles. The second-order valence-electron chi connectivity index (χ2n) is 6.39. The summed E-state index contributed by atoms with van der Waals surface area (Å²) in [5.41, 5.74) is 2.56. The summed E-state index contributed by atoms with van der Waals surface area (Å²) in [6.45, 7) is 6.66. The predicted molar refractivity (Wildman–Crippen MR) is 91.5 cm³/mol. The molecule has 1 atom stereocenters. The van der Waals surface area contributed by atoms with Crippen molar-refractivity contribution in [3.05, 3.63) is 39.8 Å². The zero-order valence-electron chi connectivity index (χ0n) is 13.7. The zero-order valence-corrected chi connectivity index (χ0v) is 14.5. The lowest BCUT2D eigenvalue weighted by Crippen LogP contribution is -2.45. The number of nitrogens with zero attached hydrogens (tertiary/aromatic N) is 1. The Balaban J connectivity index is 2.21. The van der Waals surface area contributed by atoms with E-state index in [-0.39, 0.29) is 5.91 Å². The second-order valence-corrected chi connectivity index (χ2v) is 7.22. The van der Waals surface area contributed by atoms with Gasteiger partial charge in [-0.2, -0.15) is 0 Å². The number of aliphatic hydroxyl groups is 1. The lowest BCUT2D eigenvalue weighted by molar-refractivity contribution is -0.00203. The minimum absolute atomic E-state index is 0.0343. The molecule has 5 nitrogen and oxygen atoms in total. The van der Waals surface area contributed by atoms with E-state index >= 15 is 0 Å². The van der Waals surface area contributed by atoms with Crippen LogP contribution in [0.25, 0.3) is 6.08 Å². The van der Waals surface area contributed by atoms with Crippen molar-refractivity contribution in [2.75, 3.05) is 13.1 Å². The number of benzene rings is 1. The molecule has 1 amide bonds. The van der Waals surface area contributed by atoms with Gasteiger partial charge < -0.3 is 14.6 Å². The van der Waals surface area contributed by atoms with Gasteiger partial charge in [0.25, 0.3) is 5.91 Å². The maximum Gasteiger partial charge on any atom is 0.253 e. The van der Waals surface area contributed by atoms with E-state index in [2.05, 4.69) is 0 Å². The minimum atomic E-state index is -1.99. The lowest BCUT2D eigenvalue weighted by atomic mass is 9.93. The largest absolute Gasteiger partial charge is 0.390 e. The van der Waals surface area contributed by atoms with Crippen molar-refractivity contribution in [3.8, 4) is 0 Å². The number of piperidine rings is 1. The van der Waals surface area contributed by atoms with E-state index in [1.807, 2.05) is 26.0 Å². The van der Waals surface area contributed by atoms with Crippen molar-refractivity contribution >= 4 is 23.1 Å². The molecule has 1 saturated heterocycles. The van der Waals surface area contributed by atoms with Gasteiger partial charge in [-0.05, 0) is 68.5 Å². The maximum absolute atomic E-state index is 12.6. The molecule has 1 aromatic rings. The van der Waals surface area contributed by atoms with Crippen molar-refractivity contribution in [2.45, 2.75) is 39.2 Å². The van der Waals surface area contributed by atoms with E-state index in [0.29, 0.717) is 31.5 Å². The Morgan fingerprint density at radius 1 is 1.26 bits per heavy atom. The summed E-state index contributed by atoms with van der Waals surface area (Å²) in [4.78, 5) is 14.4. The molecule has 2 rings (SSSR count). The van der Waals surface area contributed by atoms with Crippen LogP contribution in [0, 0.1) is 13.8 Å². The first kappa shape index (κ1) is 17.8. The predicted octanol–water partition coefficient (Wildman–Crippen LogP) is 2.48. The summed E-state index contributed by atoms with van der Waals surface area (Å²) < 4.78 is 19.6. The Hall–Kier alpha value is -1.50. The van der Waals surface area contributed by atoms with Crippen molar-refractivity contribution in [1.82, 2.24) is 4.90 Å². The molecule has 1 aliphatic heterocycles. The molecule has 1 fully saturated rings. The molecule has 23 heavy (non-hydrogen) atoms. The fraction of sp³-hybridized carbons (Fsp3) is 0.471. The van der Waals surface area contributed by atoms with Gasteiger partial charge in [-0.3, -0.25) is 4.79 Å². The highest BCUT2D eigenvalue weighted by Gasteiger charge is 2.30. The summed E-state index contributed by atoms with van der Waals surface area (Å²) in [6.07, 6.45) is 2.77. The number of aryl methyl sites for hydroxylation is 2. The smallest absolute Gasteiger partial charge is 0.253 e. The summed E-state index contributed by atoms with van der Waals surface area (Å²) >= 11 is -1.99. The van der Waals surface area contributed by atoms with Gasteiger partial charge in [0.2, 0.25) is 0 Å². The van der Waals surface area contributed by atoms with Crippen LogP contribution in [0.3, 0.4) is 0 Å². The molecule has 2 N–H and O–H groups in total. The normalized spacial score (nSPS) is 19.1. The van der Waals surface area contributed by atoms with E-state index in [0.717, 1.165) is 16.7 Å². The third kappa shape index (κ3) is 4.50. The summed E-state index contributed by atoms with van der Waals surface area (Å²) in [5, 5.41) is 11.2. The van der Waals surface area contributed by atoms with Crippen LogP contribution in [0.1, 0.15) is 46.8 Å². The molecule has 1 aromatic carbocycles. The van der Waals surface area contributed by atoms with Crippen molar-refractivity contribution in [1.29, 1.82) is 0 Å². The topological polar surface area (TPSA) is 77.8 Å². The Labute approximate surface area is 139 Å². The number of likely N-dealkylation sites (tertiary alicyclic amines) is 1. The van der Waals surface area contributed by atoms with E-state index < -0.39 is 16.7 Å². The summed E-state index contributed by atoms with van der Waals surface area (Å²) in [6, 6.07) is 3.62. The third-order valence-electron chi connectivity index (χ3n) is 4.32. The lowest BCUT2D eigenvalue weighted by Gasteiger charge is -2.36. The van der Waals surface area contributed by atoms with Crippen LogP contribution in [0.15, 0.2) is 17.5 Å². The van der Waals surface area contributed by atoms with Gasteiger partial charge in [-0.25, -0.2) is 4.21 Å². The summed E-state index contributed by atoms with van der Waals surface area (Å²) in [5.74, 6) is -0.0343. The van der Waals surface area contributed by atoms with Crippen LogP contribution < -0.4 is 0 Å². The molecule has 0 bridgehead atoms. The van der Waals surface area contributed by atoms with Crippen LogP contribution in [-0.2, 0) is 11.1 Å². The molecular weight excluding hydrogens is 314 g/mol. The molecule has 1 heterocycles. The molecule has 0 aromatic heterocycles. The SMILES string of the molecule is Cc1cc(C(=O)N2CCC(C)(O)CC2)cc(C)c1/C=C/S(=O)O. The number of hydrogen-bond acceptors (Lipinski definition) is 3. The highest BCUT2D eigenvalue weighted by Crippen LogP contribution is 2.24. The highest BCUT2D eigenvalue weighted by molar-refractivity contribution is 7.82. The van der Waals surface area contributed by atoms with Crippen LogP contribution in [0.5, 0.6) is 0 Å². The first-order valence-electron chi connectivity index (χ1n) is 7.60. The van der Waals surface area contributed by atoms with Crippen molar-refractivity contribution < 1.29 is 18.7 Å². The van der Waals surface area contributed by atoms with E-state index in [9.17, 15) is 14.1 Å². The summed E-state index contributed by atoms with van der Waals surface area (Å²) in [7, 11) is 0.